The second-order valence-electron chi connectivity index (χ2n) is 7.04. The maximum atomic E-state index is 3.69. The molecule has 2 rings (SSSR count). The van der Waals surface area contributed by atoms with Gasteiger partial charge in [-0.05, 0) is 49.1 Å². The number of nitrogens with one attached hydrogen (secondary N) is 1. The molecule has 1 saturated heterocycles. The minimum absolute atomic E-state index is 0.662. The molecular weight excluding hydrogens is 218 g/mol. The fraction of sp³-hybridized carbons (Fsp3) is 1.00. The molecule has 1 nitrogen and oxygen atoms in total. The highest BCUT2D eigenvalue weighted by atomic mass is 14.9. The van der Waals surface area contributed by atoms with Crippen molar-refractivity contribution in [1.82, 2.24) is 5.32 Å². The summed E-state index contributed by atoms with van der Waals surface area (Å²) < 4.78 is 0. The van der Waals surface area contributed by atoms with Crippen molar-refractivity contribution < 1.29 is 0 Å². The maximum Gasteiger partial charge on any atom is -0.00125 e. The normalized spacial score (nSPS) is 35.8. The van der Waals surface area contributed by atoms with Crippen LogP contribution in [0.4, 0.5) is 0 Å². The van der Waals surface area contributed by atoms with E-state index in [-0.39, 0.29) is 0 Å². The Morgan fingerprint density at radius 3 is 2.56 bits per heavy atom. The first-order valence-electron chi connectivity index (χ1n) is 8.42. The number of piperidine rings is 1. The van der Waals surface area contributed by atoms with E-state index < -0.39 is 0 Å². The fourth-order valence-corrected chi connectivity index (χ4v) is 4.70. The minimum atomic E-state index is 0.662. The molecule has 0 aromatic heterocycles. The molecule has 1 saturated carbocycles. The lowest BCUT2D eigenvalue weighted by Crippen LogP contribution is -2.48. The van der Waals surface area contributed by atoms with Gasteiger partial charge in [-0.25, -0.2) is 0 Å². The second kappa shape index (κ2) is 6.41. The first-order chi connectivity index (χ1) is 8.72. The molecule has 2 aliphatic rings. The standard InChI is InChI=1S/C17H33N/c1-4-14(3)12-17(5-2)10-11-18-13-16(17)15-8-6-7-9-15/h14-16,18H,4-13H2,1-3H3. The molecule has 1 aliphatic heterocycles. The molecule has 0 aromatic carbocycles. The van der Waals surface area contributed by atoms with E-state index >= 15 is 0 Å². The van der Waals surface area contributed by atoms with Crippen LogP contribution in [0.5, 0.6) is 0 Å². The van der Waals surface area contributed by atoms with Gasteiger partial charge in [-0.15, -0.1) is 0 Å². The van der Waals surface area contributed by atoms with Gasteiger partial charge in [-0.2, -0.15) is 0 Å². The summed E-state index contributed by atoms with van der Waals surface area (Å²) in [4.78, 5) is 0. The lowest BCUT2D eigenvalue weighted by molar-refractivity contribution is 0.0320. The third kappa shape index (κ3) is 2.92. The summed E-state index contributed by atoms with van der Waals surface area (Å²) in [6, 6.07) is 0. The van der Waals surface area contributed by atoms with Crippen LogP contribution in [0.25, 0.3) is 0 Å². The zero-order valence-corrected chi connectivity index (χ0v) is 12.8. The Morgan fingerprint density at radius 2 is 1.94 bits per heavy atom. The molecule has 0 radical (unpaired) electrons. The zero-order valence-electron chi connectivity index (χ0n) is 12.8. The van der Waals surface area contributed by atoms with Crippen LogP contribution in [0.1, 0.15) is 72.1 Å². The third-order valence-corrected chi connectivity index (χ3v) is 6.08. The van der Waals surface area contributed by atoms with Gasteiger partial charge >= 0.3 is 0 Å². The smallest absolute Gasteiger partial charge is 0.00125 e. The van der Waals surface area contributed by atoms with E-state index in [1.165, 1.54) is 64.5 Å². The molecule has 1 aliphatic carbocycles. The molecule has 0 aromatic rings. The van der Waals surface area contributed by atoms with E-state index in [4.69, 9.17) is 0 Å². The molecule has 0 bridgehead atoms. The lowest BCUT2D eigenvalue weighted by atomic mass is 9.60. The summed E-state index contributed by atoms with van der Waals surface area (Å²) in [7, 11) is 0. The van der Waals surface area contributed by atoms with Gasteiger partial charge in [0.1, 0.15) is 0 Å². The van der Waals surface area contributed by atoms with Gasteiger partial charge < -0.3 is 5.32 Å². The van der Waals surface area contributed by atoms with Gasteiger partial charge in [0.15, 0.2) is 0 Å². The van der Waals surface area contributed by atoms with Crippen LogP contribution in [0.2, 0.25) is 0 Å². The molecular formula is C17H33N. The van der Waals surface area contributed by atoms with Crippen LogP contribution < -0.4 is 5.32 Å². The van der Waals surface area contributed by atoms with Crippen LogP contribution in [0.15, 0.2) is 0 Å². The fourth-order valence-electron chi connectivity index (χ4n) is 4.70. The molecule has 18 heavy (non-hydrogen) atoms. The van der Waals surface area contributed by atoms with E-state index in [0.29, 0.717) is 5.41 Å². The highest BCUT2D eigenvalue weighted by Gasteiger charge is 2.43. The number of rotatable bonds is 5. The summed E-state index contributed by atoms with van der Waals surface area (Å²) in [6.45, 7) is 9.84. The van der Waals surface area contributed by atoms with Gasteiger partial charge in [0.2, 0.25) is 0 Å². The summed E-state index contributed by atoms with van der Waals surface area (Å²) >= 11 is 0. The lowest BCUT2D eigenvalue weighted by Gasteiger charge is -2.48. The molecule has 106 valence electrons. The highest BCUT2D eigenvalue weighted by Crippen LogP contribution is 2.50. The second-order valence-corrected chi connectivity index (χ2v) is 7.04. The van der Waals surface area contributed by atoms with E-state index in [0.717, 1.165) is 17.8 Å². The van der Waals surface area contributed by atoms with E-state index in [1.807, 2.05) is 0 Å². The van der Waals surface area contributed by atoms with Gasteiger partial charge in [-0.1, -0.05) is 59.3 Å². The minimum Gasteiger partial charge on any atom is -0.316 e. The van der Waals surface area contributed by atoms with Gasteiger partial charge in [0.05, 0.1) is 0 Å². The van der Waals surface area contributed by atoms with Gasteiger partial charge in [0, 0.05) is 0 Å². The zero-order chi connectivity index (χ0) is 13.0. The summed E-state index contributed by atoms with van der Waals surface area (Å²) in [5, 5.41) is 3.69. The Bertz CT molecular complexity index is 244. The number of hydrogen-bond acceptors (Lipinski definition) is 1. The van der Waals surface area contributed by atoms with Crippen molar-refractivity contribution in [3.8, 4) is 0 Å². The predicted octanol–water partition coefficient (Wildman–Crippen LogP) is 4.62. The summed E-state index contributed by atoms with van der Waals surface area (Å²) in [6.07, 6.45) is 11.7. The third-order valence-electron chi connectivity index (χ3n) is 6.08. The van der Waals surface area contributed by atoms with Gasteiger partial charge in [-0.3, -0.25) is 0 Å². The van der Waals surface area contributed by atoms with Crippen LogP contribution in [-0.4, -0.2) is 13.1 Å². The van der Waals surface area contributed by atoms with Crippen molar-refractivity contribution in [2.75, 3.05) is 13.1 Å². The molecule has 3 atom stereocenters. The SMILES string of the molecule is CCC(C)CC1(CC)CCNCC1C1CCCC1. The van der Waals surface area contributed by atoms with Crippen LogP contribution >= 0.6 is 0 Å². The number of hydrogen-bond donors (Lipinski definition) is 1. The van der Waals surface area contributed by atoms with Crippen LogP contribution in [0, 0.1) is 23.2 Å². The van der Waals surface area contributed by atoms with Crippen LogP contribution in [-0.2, 0) is 0 Å². The van der Waals surface area contributed by atoms with Crippen molar-refractivity contribution in [3.05, 3.63) is 0 Å². The Hall–Kier alpha value is -0.0400. The first-order valence-corrected chi connectivity index (χ1v) is 8.42. The van der Waals surface area contributed by atoms with E-state index in [9.17, 15) is 0 Å². The predicted molar refractivity (Wildman–Crippen MR) is 79.7 cm³/mol. The monoisotopic (exact) mass is 251 g/mol. The van der Waals surface area contributed by atoms with Crippen molar-refractivity contribution >= 4 is 0 Å². The first kappa shape index (κ1) is 14.4. The highest BCUT2D eigenvalue weighted by molar-refractivity contribution is 4.95. The topological polar surface area (TPSA) is 12.0 Å². The average molecular weight is 251 g/mol. The maximum absolute atomic E-state index is 3.69. The molecule has 2 fully saturated rings. The molecule has 3 unspecified atom stereocenters. The quantitative estimate of drug-likeness (QED) is 0.752. The van der Waals surface area contributed by atoms with Gasteiger partial charge in [0.25, 0.3) is 0 Å². The molecule has 0 amide bonds. The van der Waals surface area contributed by atoms with E-state index in [2.05, 4.69) is 26.1 Å². The summed E-state index contributed by atoms with van der Waals surface area (Å²) in [5.74, 6) is 2.90. The van der Waals surface area contributed by atoms with Crippen molar-refractivity contribution in [3.63, 3.8) is 0 Å². The molecule has 1 heteroatoms. The van der Waals surface area contributed by atoms with Crippen LogP contribution in [0.3, 0.4) is 0 Å². The Labute approximate surface area is 114 Å². The Kier molecular flexibility index (Phi) is 5.12. The molecule has 0 spiro atoms. The molecule has 1 heterocycles. The Morgan fingerprint density at radius 1 is 1.22 bits per heavy atom. The summed E-state index contributed by atoms with van der Waals surface area (Å²) in [5.41, 5.74) is 0.662. The largest absolute Gasteiger partial charge is 0.316 e. The van der Waals surface area contributed by atoms with E-state index in [1.54, 1.807) is 0 Å². The van der Waals surface area contributed by atoms with Crippen molar-refractivity contribution in [2.24, 2.45) is 23.2 Å². The van der Waals surface area contributed by atoms with Crippen molar-refractivity contribution in [1.29, 1.82) is 0 Å². The average Bonchev–Trinajstić information content (AvgIpc) is 2.92. The Balaban J connectivity index is 2.11. The van der Waals surface area contributed by atoms with Crippen molar-refractivity contribution in [2.45, 2.75) is 72.1 Å². The molecule has 1 N–H and O–H groups in total.